The molecule has 0 aromatic heterocycles. The lowest BCUT2D eigenvalue weighted by Crippen LogP contribution is -2.05. The molecule has 0 bridgehead atoms. The first-order valence-electron chi connectivity index (χ1n) is 6.45. The Bertz CT molecular complexity index is 442. The lowest BCUT2D eigenvalue weighted by molar-refractivity contribution is 0.186. The molecular formula is C16H18O. The van der Waals surface area contributed by atoms with Crippen molar-refractivity contribution in [3.8, 4) is 0 Å². The van der Waals surface area contributed by atoms with Crippen LogP contribution in [0.4, 0.5) is 0 Å². The topological polar surface area (TPSA) is 9.23 Å². The van der Waals surface area contributed by atoms with E-state index >= 15 is 0 Å². The van der Waals surface area contributed by atoms with E-state index in [1.165, 1.54) is 24.0 Å². The van der Waals surface area contributed by atoms with Crippen molar-refractivity contribution in [1.82, 2.24) is 0 Å². The van der Waals surface area contributed by atoms with E-state index in [2.05, 4.69) is 42.5 Å². The van der Waals surface area contributed by atoms with Crippen LogP contribution in [0.2, 0.25) is 0 Å². The zero-order valence-corrected chi connectivity index (χ0v) is 10.1. The number of ether oxygens (including phenoxy) is 1. The summed E-state index contributed by atoms with van der Waals surface area (Å²) in [7, 11) is 0. The van der Waals surface area contributed by atoms with Gasteiger partial charge in [0.05, 0.1) is 13.2 Å². The first-order chi connectivity index (χ1) is 8.45. The standard InChI is InChI=1S/C16H18O/c1-3-7-13(8-4-1)15-10-6-2-5-9-14-11-17-12-16(14)15/h1-4,6-8,14H,5,9-12H2/b6-2-,16-15+. The summed E-state index contributed by atoms with van der Waals surface area (Å²) in [5.74, 6) is 0.648. The lowest BCUT2D eigenvalue weighted by atomic mass is 9.86. The number of allylic oxidation sites excluding steroid dienone is 3. The van der Waals surface area contributed by atoms with Crippen LogP contribution in [-0.4, -0.2) is 13.2 Å². The number of hydrogen-bond donors (Lipinski definition) is 0. The molecule has 0 N–H and O–H groups in total. The van der Waals surface area contributed by atoms with Crippen molar-refractivity contribution in [2.45, 2.75) is 19.3 Å². The third-order valence-corrected chi connectivity index (χ3v) is 3.75. The number of fused-ring (bicyclic) bond motifs is 1. The summed E-state index contributed by atoms with van der Waals surface area (Å²) < 4.78 is 5.67. The van der Waals surface area contributed by atoms with Gasteiger partial charge in [0.25, 0.3) is 0 Å². The van der Waals surface area contributed by atoms with E-state index in [1.807, 2.05) is 0 Å². The van der Waals surface area contributed by atoms with Gasteiger partial charge < -0.3 is 4.74 Å². The summed E-state index contributed by atoms with van der Waals surface area (Å²) in [4.78, 5) is 0. The van der Waals surface area contributed by atoms with Gasteiger partial charge in [0.2, 0.25) is 0 Å². The molecule has 1 heteroatoms. The van der Waals surface area contributed by atoms with E-state index in [4.69, 9.17) is 4.74 Å². The summed E-state index contributed by atoms with van der Waals surface area (Å²) >= 11 is 0. The van der Waals surface area contributed by atoms with Crippen molar-refractivity contribution in [1.29, 1.82) is 0 Å². The minimum Gasteiger partial charge on any atom is -0.376 e. The molecule has 0 saturated carbocycles. The van der Waals surface area contributed by atoms with E-state index in [0.717, 1.165) is 19.6 Å². The molecule has 0 amide bonds. The maximum atomic E-state index is 5.67. The molecule has 1 atom stereocenters. The molecule has 3 rings (SSSR count). The van der Waals surface area contributed by atoms with Gasteiger partial charge >= 0.3 is 0 Å². The van der Waals surface area contributed by atoms with Crippen molar-refractivity contribution in [2.24, 2.45) is 5.92 Å². The maximum absolute atomic E-state index is 5.67. The molecule has 0 radical (unpaired) electrons. The van der Waals surface area contributed by atoms with Gasteiger partial charge in [-0.3, -0.25) is 0 Å². The minimum absolute atomic E-state index is 0.648. The fraction of sp³-hybridized carbons (Fsp3) is 0.375. The zero-order chi connectivity index (χ0) is 11.5. The van der Waals surface area contributed by atoms with Gasteiger partial charge in [-0.15, -0.1) is 0 Å². The first-order valence-corrected chi connectivity index (χ1v) is 6.45. The molecule has 1 fully saturated rings. The molecule has 1 aromatic carbocycles. The van der Waals surface area contributed by atoms with Crippen molar-refractivity contribution in [2.75, 3.05) is 13.2 Å². The van der Waals surface area contributed by atoms with Gasteiger partial charge in [-0.25, -0.2) is 0 Å². The predicted octanol–water partition coefficient (Wildman–Crippen LogP) is 3.83. The van der Waals surface area contributed by atoms with Crippen LogP contribution in [0.3, 0.4) is 0 Å². The lowest BCUT2D eigenvalue weighted by Gasteiger charge is -2.17. The minimum atomic E-state index is 0.648. The number of hydrogen-bond acceptors (Lipinski definition) is 1. The summed E-state index contributed by atoms with van der Waals surface area (Å²) in [5, 5.41) is 0. The molecule has 1 aromatic rings. The van der Waals surface area contributed by atoms with E-state index in [0.29, 0.717) is 5.92 Å². The van der Waals surface area contributed by atoms with Crippen LogP contribution in [0.25, 0.3) is 5.57 Å². The van der Waals surface area contributed by atoms with Crippen LogP contribution < -0.4 is 0 Å². The Morgan fingerprint density at radius 2 is 1.94 bits per heavy atom. The second-order valence-electron chi connectivity index (χ2n) is 4.83. The Balaban J connectivity index is 2.03. The molecule has 1 unspecified atom stereocenters. The monoisotopic (exact) mass is 226 g/mol. The highest BCUT2D eigenvalue weighted by atomic mass is 16.5. The molecular weight excluding hydrogens is 208 g/mol. The van der Waals surface area contributed by atoms with E-state index in [1.54, 1.807) is 5.57 Å². The first kappa shape index (κ1) is 10.8. The highest BCUT2D eigenvalue weighted by Gasteiger charge is 2.25. The molecule has 17 heavy (non-hydrogen) atoms. The predicted molar refractivity (Wildman–Crippen MR) is 70.7 cm³/mol. The van der Waals surface area contributed by atoms with Crippen LogP contribution in [-0.2, 0) is 4.74 Å². The summed E-state index contributed by atoms with van der Waals surface area (Å²) in [6.07, 6.45) is 8.11. The third-order valence-electron chi connectivity index (χ3n) is 3.75. The average Bonchev–Trinajstić information content (AvgIpc) is 2.78. The SMILES string of the molecule is C1=C\C/C(c2ccccc2)=C2/COCC2CC/1. The van der Waals surface area contributed by atoms with Crippen LogP contribution in [0.1, 0.15) is 24.8 Å². The maximum Gasteiger partial charge on any atom is 0.0686 e. The van der Waals surface area contributed by atoms with Gasteiger partial charge in [0, 0.05) is 5.92 Å². The molecule has 1 aliphatic heterocycles. The fourth-order valence-corrected chi connectivity index (χ4v) is 2.81. The third kappa shape index (κ3) is 2.20. The molecule has 1 aliphatic carbocycles. The Labute approximate surface area is 103 Å². The van der Waals surface area contributed by atoms with Gasteiger partial charge in [0.15, 0.2) is 0 Å². The van der Waals surface area contributed by atoms with Crippen LogP contribution in [0.15, 0.2) is 48.1 Å². The van der Waals surface area contributed by atoms with Crippen molar-refractivity contribution in [3.63, 3.8) is 0 Å². The van der Waals surface area contributed by atoms with Crippen molar-refractivity contribution in [3.05, 3.63) is 53.6 Å². The summed E-state index contributed by atoms with van der Waals surface area (Å²) in [6.45, 7) is 1.75. The highest BCUT2D eigenvalue weighted by molar-refractivity contribution is 5.71. The van der Waals surface area contributed by atoms with E-state index in [9.17, 15) is 0 Å². The molecule has 0 spiro atoms. The van der Waals surface area contributed by atoms with Gasteiger partial charge in [0.1, 0.15) is 0 Å². The molecule has 1 nitrogen and oxygen atoms in total. The molecule has 2 aliphatic rings. The normalized spacial score (nSPS) is 30.5. The second kappa shape index (κ2) is 4.89. The quantitative estimate of drug-likeness (QED) is 0.661. The van der Waals surface area contributed by atoms with Crippen molar-refractivity contribution >= 4 is 5.57 Å². The van der Waals surface area contributed by atoms with E-state index < -0.39 is 0 Å². The second-order valence-corrected chi connectivity index (χ2v) is 4.83. The average molecular weight is 226 g/mol. The van der Waals surface area contributed by atoms with E-state index in [-0.39, 0.29) is 0 Å². The van der Waals surface area contributed by atoms with Gasteiger partial charge in [-0.2, -0.15) is 0 Å². The number of rotatable bonds is 1. The van der Waals surface area contributed by atoms with Crippen molar-refractivity contribution < 1.29 is 4.74 Å². The summed E-state index contributed by atoms with van der Waals surface area (Å²) in [5.41, 5.74) is 4.40. The number of benzene rings is 1. The zero-order valence-electron chi connectivity index (χ0n) is 10.1. The van der Waals surface area contributed by atoms with Gasteiger partial charge in [-0.1, -0.05) is 42.5 Å². The van der Waals surface area contributed by atoms with Gasteiger partial charge in [-0.05, 0) is 36.0 Å². The fourth-order valence-electron chi connectivity index (χ4n) is 2.81. The Morgan fingerprint density at radius 3 is 2.82 bits per heavy atom. The van der Waals surface area contributed by atoms with Crippen LogP contribution in [0, 0.1) is 5.92 Å². The largest absolute Gasteiger partial charge is 0.376 e. The molecule has 1 saturated heterocycles. The Morgan fingerprint density at radius 1 is 1.06 bits per heavy atom. The van der Waals surface area contributed by atoms with Crippen LogP contribution in [0.5, 0.6) is 0 Å². The highest BCUT2D eigenvalue weighted by Crippen LogP contribution is 2.35. The smallest absolute Gasteiger partial charge is 0.0686 e. The Hall–Kier alpha value is -1.34. The molecule has 1 heterocycles. The molecule has 88 valence electrons. The van der Waals surface area contributed by atoms with Crippen LogP contribution >= 0.6 is 0 Å². The Kier molecular flexibility index (Phi) is 3.10. The summed E-state index contributed by atoms with van der Waals surface area (Å²) in [6, 6.07) is 10.8.